The van der Waals surface area contributed by atoms with Gasteiger partial charge in [-0.2, -0.15) is 0 Å². The number of carbonyl (C=O) groups is 2. The summed E-state index contributed by atoms with van der Waals surface area (Å²) in [5, 5.41) is -0.209. The zero-order valence-corrected chi connectivity index (χ0v) is 17.8. The number of unbranched alkanes of at least 4 members (excludes halogenated alkanes) is 1. The van der Waals surface area contributed by atoms with Crippen LogP contribution in [0.1, 0.15) is 36.5 Å². The van der Waals surface area contributed by atoms with Crippen molar-refractivity contribution in [2.45, 2.75) is 33.3 Å². The maximum atomic E-state index is 12.5. The molecule has 0 radical (unpaired) electrons. The van der Waals surface area contributed by atoms with E-state index in [-0.39, 0.29) is 11.1 Å². The van der Waals surface area contributed by atoms with Crippen molar-refractivity contribution < 1.29 is 19.1 Å². The molecule has 2 aromatic carbocycles. The van der Waals surface area contributed by atoms with Gasteiger partial charge >= 0.3 is 0 Å². The average molecular weight is 412 g/mol. The first-order chi connectivity index (χ1) is 14.0. The summed E-state index contributed by atoms with van der Waals surface area (Å²) in [6, 6.07) is 13.6. The van der Waals surface area contributed by atoms with Crippen LogP contribution in [0.2, 0.25) is 0 Å². The fourth-order valence-corrected chi connectivity index (χ4v) is 3.76. The van der Waals surface area contributed by atoms with Crippen LogP contribution < -0.4 is 9.47 Å². The Morgan fingerprint density at radius 1 is 1.07 bits per heavy atom. The van der Waals surface area contributed by atoms with Crippen molar-refractivity contribution in [1.29, 1.82) is 0 Å². The van der Waals surface area contributed by atoms with Crippen LogP contribution in [0, 0.1) is 6.92 Å². The fraction of sp³-hybridized carbons (Fsp3) is 0.304. The van der Waals surface area contributed by atoms with Crippen LogP contribution in [0.15, 0.2) is 47.4 Å². The normalized spacial score (nSPS) is 15.3. The Morgan fingerprint density at radius 2 is 1.83 bits per heavy atom. The zero-order chi connectivity index (χ0) is 20.8. The summed E-state index contributed by atoms with van der Waals surface area (Å²) in [5.74, 6) is 0.976. The van der Waals surface area contributed by atoms with Gasteiger partial charge in [-0.25, -0.2) is 0 Å². The summed E-state index contributed by atoms with van der Waals surface area (Å²) in [7, 11) is 1.58. The third-order valence-electron chi connectivity index (χ3n) is 4.61. The van der Waals surface area contributed by atoms with E-state index in [1.54, 1.807) is 13.2 Å². The Bertz CT molecular complexity index is 921. The number of methoxy groups -OCH3 is 1. The highest BCUT2D eigenvalue weighted by molar-refractivity contribution is 8.18. The standard InChI is InChI=1S/C23H25NO4S/c1-4-5-12-24-22(25)21(29-23(24)26)14-18-10-11-19(20(13-18)27-3)28-15-17-8-6-16(2)7-9-17/h6-11,13-14H,4-5,12,15H2,1-3H3/b21-14-. The first kappa shape index (κ1) is 21.0. The number of hydrogen-bond donors (Lipinski definition) is 0. The lowest BCUT2D eigenvalue weighted by Gasteiger charge is -2.12. The van der Waals surface area contributed by atoms with E-state index in [1.165, 1.54) is 10.5 Å². The Labute approximate surface area is 175 Å². The highest BCUT2D eigenvalue weighted by atomic mass is 32.2. The molecule has 6 heteroatoms. The smallest absolute Gasteiger partial charge is 0.293 e. The van der Waals surface area contributed by atoms with E-state index in [2.05, 4.69) is 0 Å². The van der Waals surface area contributed by atoms with Gasteiger partial charge in [-0.15, -0.1) is 0 Å². The molecule has 5 nitrogen and oxygen atoms in total. The first-order valence-corrected chi connectivity index (χ1v) is 10.4. The van der Waals surface area contributed by atoms with Gasteiger partial charge in [0.2, 0.25) is 0 Å². The molecule has 2 amide bonds. The number of hydrogen-bond acceptors (Lipinski definition) is 5. The summed E-state index contributed by atoms with van der Waals surface area (Å²) in [6.45, 7) is 4.98. The maximum absolute atomic E-state index is 12.5. The molecule has 0 bridgehead atoms. The number of rotatable bonds is 8. The highest BCUT2D eigenvalue weighted by Gasteiger charge is 2.34. The second-order valence-corrected chi connectivity index (χ2v) is 7.86. The van der Waals surface area contributed by atoms with Crippen LogP contribution in [0.25, 0.3) is 6.08 Å². The topological polar surface area (TPSA) is 55.8 Å². The van der Waals surface area contributed by atoms with Gasteiger partial charge in [0.05, 0.1) is 12.0 Å². The number of thioether (sulfide) groups is 1. The van der Waals surface area contributed by atoms with E-state index < -0.39 is 0 Å². The van der Waals surface area contributed by atoms with E-state index in [0.717, 1.165) is 35.7 Å². The van der Waals surface area contributed by atoms with Gasteiger partial charge in [-0.3, -0.25) is 14.5 Å². The average Bonchev–Trinajstić information content (AvgIpc) is 2.99. The summed E-state index contributed by atoms with van der Waals surface area (Å²) >= 11 is 0.980. The lowest BCUT2D eigenvalue weighted by Crippen LogP contribution is -2.29. The Kier molecular flexibility index (Phi) is 6.99. The largest absolute Gasteiger partial charge is 0.493 e. The molecular formula is C23H25NO4S. The molecule has 1 aliphatic heterocycles. The van der Waals surface area contributed by atoms with Crippen LogP contribution in [0.5, 0.6) is 11.5 Å². The molecular weight excluding hydrogens is 386 g/mol. The molecule has 2 aromatic rings. The van der Waals surface area contributed by atoms with Crippen molar-refractivity contribution in [3.63, 3.8) is 0 Å². The minimum absolute atomic E-state index is 0.209. The number of ether oxygens (including phenoxy) is 2. The number of imide groups is 1. The monoisotopic (exact) mass is 411 g/mol. The number of carbonyl (C=O) groups excluding carboxylic acids is 2. The lowest BCUT2D eigenvalue weighted by molar-refractivity contribution is -0.122. The molecule has 0 aliphatic carbocycles. The van der Waals surface area contributed by atoms with Crippen molar-refractivity contribution >= 4 is 29.0 Å². The predicted octanol–water partition coefficient (Wildman–Crippen LogP) is 5.42. The fourth-order valence-electron chi connectivity index (χ4n) is 2.90. The van der Waals surface area contributed by atoms with Gasteiger partial charge in [0, 0.05) is 6.54 Å². The molecule has 0 atom stereocenters. The highest BCUT2D eigenvalue weighted by Crippen LogP contribution is 2.34. The molecule has 1 aliphatic rings. The molecule has 152 valence electrons. The minimum atomic E-state index is -0.230. The molecule has 0 saturated carbocycles. The van der Waals surface area contributed by atoms with Crippen LogP contribution in [0.4, 0.5) is 4.79 Å². The van der Waals surface area contributed by atoms with Crippen molar-refractivity contribution in [1.82, 2.24) is 4.90 Å². The molecule has 0 spiro atoms. The molecule has 1 fully saturated rings. The molecule has 0 N–H and O–H groups in total. The van der Waals surface area contributed by atoms with Crippen LogP contribution >= 0.6 is 11.8 Å². The second kappa shape index (κ2) is 9.65. The third-order valence-corrected chi connectivity index (χ3v) is 5.52. The summed E-state index contributed by atoms with van der Waals surface area (Å²) in [5.41, 5.74) is 3.06. The number of aryl methyl sites for hydroxylation is 1. The Balaban J connectivity index is 1.73. The summed E-state index contributed by atoms with van der Waals surface area (Å²) in [4.78, 5) is 26.3. The molecule has 1 saturated heterocycles. The summed E-state index contributed by atoms with van der Waals surface area (Å²) < 4.78 is 11.4. The number of amides is 2. The lowest BCUT2D eigenvalue weighted by atomic mass is 10.1. The van der Waals surface area contributed by atoms with E-state index in [0.29, 0.717) is 29.6 Å². The Hall–Kier alpha value is -2.73. The SMILES string of the molecule is CCCCN1C(=O)S/C(=C\c2ccc(OCc3ccc(C)cc3)c(OC)c2)C1=O. The predicted molar refractivity (Wildman–Crippen MR) is 116 cm³/mol. The van der Waals surface area contributed by atoms with Gasteiger partial charge in [-0.05, 0) is 54.4 Å². The number of benzene rings is 2. The van der Waals surface area contributed by atoms with E-state index in [9.17, 15) is 9.59 Å². The van der Waals surface area contributed by atoms with Gasteiger partial charge in [0.15, 0.2) is 11.5 Å². The first-order valence-electron chi connectivity index (χ1n) is 9.63. The van der Waals surface area contributed by atoms with E-state index in [4.69, 9.17) is 9.47 Å². The van der Waals surface area contributed by atoms with E-state index >= 15 is 0 Å². The third kappa shape index (κ3) is 5.21. The number of nitrogens with zero attached hydrogens (tertiary/aromatic N) is 1. The molecule has 0 aromatic heterocycles. The zero-order valence-electron chi connectivity index (χ0n) is 16.9. The minimum Gasteiger partial charge on any atom is -0.493 e. The van der Waals surface area contributed by atoms with Crippen LogP contribution in [-0.4, -0.2) is 29.7 Å². The van der Waals surface area contributed by atoms with Gasteiger partial charge in [-0.1, -0.05) is 49.2 Å². The quantitative estimate of drug-likeness (QED) is 0.543. The van der Waals surface area contributed by atoms with Gasteiger partial charge in [0.1, 0.15) is 6.61 Å². The molecule has 0 unspecified atom stereocenters. The van der Waals surface area contributed by atoms with Gasteiger partial charge < -0.3 is 9.47 Å². The van der Waals surface area contributed by atoms with Crippen molar-refractivity contribution in [3.8, 4) is 11.5 Å². The van der Waals surface area contributed by atoms with Crippen molar-refractivity contribution in [2.24, 2.45) is 0 Å². The second-order valence-electron chi connectivity index (χ2n) is 6.87. The van der Waals surface area contributed by atoms with Crippen molar-refractivity contribution in [2.75, 3.05) is 13.7 Å². The maximum Gasteiger partial charge on any atom is 0.293 e. The van der Waals surface area contributed by atoms with Gasteiger partial charge in [0.25, 0.3) is 11.1 Å². The molecule has 1 heterocycles. The van der Waals surface area contributed by atoms with Crippen molar-refractivity contribution in [3.05, 3.63) is 64.1 Å². The van der Waals surface area contributed by atoms with Crippen LogP contribution in [-0.2, 0) is 11.4 Å². The molecule has 29 heavy (non-hydrogen) atoms. The Morgan fingerprint density at radius 3 is 2.52 bits per heavy atom. The van der Waals surface area contributed by atoms with E-state index in [1.807, 2.05) is 56.3 Å². The molecule has 3 rings (SSSR count). The van der Waals surface area contributed by atoms with Crippen LogP contribution in [0.3, 0.4) is 0 Å². The summed E-state index contributed by atoms with van der Waals surface area (Å²) in [6.07, 6.45) is 3.47.